The van der Waals surface area contributed by atoms with Crippen LogP contribution in [0.1, 0.15) is 22.1 Å². The van der Waals surface area contributed by atoms with E-state index in [4.69, 9.17) is 14.6 Å². The van der Waals surface area contributed by atoms with Gasteiger partial charge in [0.2, 0.25) is 0 Å². The van der Waals surface area contributed by atoms with Crippen molar-refractivity contribution in [2.75, 3.05) is 0 Å². The normalized spacial score (nSPS) is 11.1. The molecule has 5 heteroatoms. The van der Waals surface area contributed by atoms with Crippen molar-refractivity contribution < 1.29 is 18.0 Å². The molecule has 0 spiro atoms. The molecule has 0 unspecified atom stereocenters. The van der Waals surface area contributed by atoms with Crippen molar-refractivity contribution in [2.45, 2.75) is 6.54 Å². The molecule has 2 N–H and O–H groups in total. The number of rotatable bonds is 3. The standard InChI is InChI=1S/C14H10FNO3/c15-9-1-3-11-8(5-9)6-13(19-11)14(17)12-4-2-10(7-16)18-12/h1-6H,7,16H2. The number of carbonyl (C=O) groups excluding carboxylic acids is 1. The van der Waals surface area contributed by atoms with Crippen LogP contribution < -0.4 is 5.73 Å². The summed E-state index contributed by atoms with van der Waals surface area (Å²) >= 11 is 0. The first-order valence-corrected chi connectivity index (χ1v) is 5.70. The summed E-state index contributed by atoms with van der Waals surface area (Å²) in [6.07, 6.45) is 0. The summed E-state index contributed by atoms with van der Waals surface area (Å²) in [5.74, 6) is 0.0102. The van der Waals surface area contributed by atoms with Crippen LogP contribution in [0.15, 0.2) is 45.2 Å². The minimum absolute atomic E-state index is 0.110. The topological polar surface area (TPSA) is 69.4 Å². The van der Waals surface area contributed by atoms with Crippen LogP contribution in [0, 0.1) is 5.82 Å². The largest absolute Gasteiger partial charge is 0.456 e. The zero-order chi connectivity index (χ0) is 13.4. The van der Waals surface area contributed by atoms with E-state index in [1.807, 2.05) is 0 Å². The summed E-state index contributed by atoms with van der Waals surface area (Å²) in [5, 5.41) is 0.536. The quantitative estimate of drug-likeness (QED) is 0.734. The Morgan fingerprint density at radius 1 is 1.11 bits per heavy atom. The van der Waals surface area contributed by atoms with E-state index in [0.29, 0.717) is 16.7 Å². The number of nitrogens with two attached hydrogens (primary N) is 1. The average molecular weight is 259 g/mol. The van der Waals surface area contributed by atoms with Gasteiger partial charge in [-0.3, -0.25) is 4.79 Å². The van der Waals surface area contributed by atoms with E-state index >= 15 is 0 Å². The molecule has 0 aliphatic heterocycles. The number of hydrogen-bond donors (Lipinski definition) is 1. The summed E-state index contributed by atoms with van der Waals surface area (Å²) in [4.78, 5) is 12.1. The number of carbonyl (C=O) groups is 1. The zero-order valence-corrected chi connectivity index (χ0v) is 9.85. The van der Waals surface area contributed by atoms with Gasteiger partial charge in [0.25, 0.3) is 5.78 Å². The Labute approximate surface area is 107 Å². The SMILES string of the molecule is NCc1ccc(C(=O)c2cc3cc(F)ccc3o2)o1. The molecule has 0 aliphatic rings. The highest BCUT2D eigenvalue weighted by Gasteiger charge is 2.18. The Hall–Kier alpha value is -2.40. The Bertz CT molecular complexity index is 757. The summed E-state index contributed by atoms with van der Waals surface area (Å²) < 4.78 is 23.7. The lowest BCUT2D eigenvalue weighted by atomic mass is 10.2. The van der Waals surface area contributed by atoms with Gasteiger partial charge in [0.05, 0.1) is 6.54 Å². The van der Waals surface area contributed by atoms with Crippen molar-refractivity contribution in [3.8, 4) is 0 Å². The maximum atomic E-state index is 13.1. The van der Waals surface area contributed by atoms with Gasteiger partial charge in [0, 0.05) is 5.39 Å². The minimum Gasteiger partial charge on any atom is -0.456 e. The van der Waals surface area contributed by atoms with E-state index < -0.39 is 5.78 Å². The first-order valence-electron chi connectivity index (χ1n) is 5.70. The second kappa shape index (κ2) is 4.37. The molecular weight excluding hydrogens is 249 g/mol. The van der Waals surface area contributed by atoms with Crippen LogP contribution in [0.4, 0.5) is 4.39 Å². The first kappa shape index (κ1) is 11.7. The summed E-state index contributed by atoms with van der Waals surface area (Å²) in [6.45, 7) is 0.221. The molecule has 1 aromatic carbocycles. The van der Waals surface area contributed by atoms with Gasteiger partial charge in [-0.1, -0.05) is 0 Å². The van der Waals surface area contributed by atoms with Gasteiger partial charge in [-0.25, -0.2) is 4.39 Å². The highest BCUT2D eigenvalue weighted by molar-refractivity contribution is 6.07. The lowest BCUT2D eigenvalue weighted by molar-refractivity contribution is 0.0983. The number of ketones is 1. The molecule has 0 aliphatic carbocycles. The van der Waals surface area contributed by atoms with Crippen molar-refractivity contribution in [1.29, 1.82) is 0 Å². The van der Waals surface area contributed by atoms with E-state index in [9.17, 15) is 9.18 Å². The van der Waals surface area contributed by atoms with Crippen LogP contribution in [0.3, 0.4) is 0 Å². The van der Waals surface area contributed by atoms with Gasteiger partial charge < -0.3 is 14.6 Å². The number of benzene rings is 1. The van der Waals surface area contributed by atoms with E-state index in [-0.39, 0.29) is 23.9 Å². The van der Waals surface area contributed by atoms with Gasteiger partial charge in [-0.05, 0) is 36.4 Å². The molecule has 3 rings (SSSR count). The molecule has 4 nitrogen and oxygen atoms in total. The third kappa shape index (κ3) is 2.04. The predicted octanol–water partition coefficient (Wildman–Crippen LogP) is 2.85. The highest BCUT2D eigenvalue weighted by atomic mass is 19.1. The fourth-order valence-electron chi connectivity index (χ4n) is 1.86. The van der Waals surface area contributed by atoms with Crippen molar-refractivity contribution in [3.63, 3.8) is 0 Å². The lowest BCUT2D eigenvalue weighted by Gasteiger charge is -1.92. The molecule has 0 radical (unpaired) electrons. The van der Waals surface area contributed by atoms with Crippen LogP contribution in [0.25, 0.3) is 11.0 Å². The molecule has 0 saturated heterocycles. The second-order valence-corrected chi connectivity index (χ2v) is 4.09. The number of halogens is 1. The predicted molar refractivity (Wildman–Crippen MR) is 66.2 cm³/mol. The van der Waals surface area contributed by atoms with Gasteiger partial charge >= 0.3 is 0 Å². The third-order valence-electron chi connectivity index (χ3n) is 2.79. The van der Waals surface area contributed by atoms with Crippen molar-refractivity contribution >= 4 is 16.8 Å². The Morgan fingerprint density at radius 2 is 1.95 bits per heavy atom. The van der Waals surface area contributed by atoms with Crippen molar-refractivity contribution in [1.82, 2.24) is 0 Å². The summed E-state index contributed by atoms with van der Waals surface area (Å²) in [6, 6.07) is 8.73. The highest BCUT2D eigenvalue weighted by Crippen LogP contribution is 2.23. The van der Waals surface area contributed by atoms with Gasteiger partial charge in [0.1, 0.15) is 17.2 Å². The maximum absolute atomic E-state index is 13.1. The molecule has 2 heterocycles. The van der Waals surface area contributed by atoms with Crippen LogP contribution >= 0.6 is 0 Å². The summed E-state index contributed by atoms with van der Waals surface area (Å²) in [5.41, 5.74) is 5.86. The first-order chi connectivity index (χ1) is 9.17. The lowest BCUT2D eigenvalue weighted by Crippen LogP contribution is -1.98. The third-order valence-corrected chi connectivity index (χ3v) is 2.79. The smallest absolute Gasteiger partial charge is 0.263 e. The molecule has 0 amide bonds. The zero-order valence-electron chi connectivity index (χ0n) is 9.85. The number of hydrogen-bond acceptors (Lipinski definition) is 4. The van der Waals surface area contributed by atoms with E-state index in [2.05, 4.69) is 0 Å². The second-order valence-electron chi connectivity index (χ2n) is 4.09. The van der Waals surface area contributed by atoms with Crippen molar-refractivity contribution in [2.24, 2.45) is 5.73 Å². The van der Waals surface area contributed by atoms with Crippen LogP contribution in [-0.4, -0.2) is 5.78 Å². The van der Waals surface area contributed by atoms with Crippen LogP contribution in [-0.2, 0) is 6.54 Å². The van der Waals surface area contributed by atoms with Crippen LogP contribution in [0.2, 0.25) is 0 Å². The molecule has 19 heavy (non-hydrogen) atoms. The van der Waals surface area contributed by atoms with Crippen LogP contribution in [0.5, 0.6) is 0 Å². The molecule has 0 bridgehead atoms. The Morgan fingerprint density at radius 3 is 2.68 bits per heavy atom. The monoisotopic (exact) mass is 259 g/mol. The molecule has 2 aromatic heterocycles. The van der Waals surface area contributed by atoms with E-state index in [1.54, 1.807) is 6.07 Å². The fraction of sp³-hybridized carbons (Fsp3) is 0.0714. The van der Waals surface area contributed by atoms with E-state index in [1.165, 1.54) is 30.3 Å². The van der Waals surface area contributed by atoms with Gasteiger partial charge in [0.15, 0.2) is 11.5 Å². The summed E-state index contributed by atoms with van der Waals surface area (Å²) in [7, 11) is 0. The Kier molecular flexibility index (Phi) is 2.68. The van der Waals surface area contributed by atoms with Crippen molar-refractivity contribution in [3.05, 3.63) is 59.5 Å². The molecular formula is C14H10FNO3. The minimum atomic E-state index is -0.392. The molecule has 0 saturated carbocycles. The molecule has 96 valence electrons. The van der Waals surface area contributed by atoms with E-state index in [0.717, 1.165) is 0 Å². The molecule has 3 aromatic rings. The Balaban J connectivity index is 2.01. The fourth-order valence-corrected chi connectivity index (χ4v) is 1.86. The maximum Gasteiger partial charge on any atom is 0.263 e. The number of furan rings is 2. The molecule has 0 atom stereocenters. The molecule has 0 fully saturated rings. The number of fused-ring (bicyclic) bond motifs is 1. The average Bonchev–Trinajstić information content (AvgIpc) is 3.03. The van der Waals surface area contributed by atoms with Gasteiger partial charge in [-0.2, -0.15) is 0 Å². The van der Waals surface area contributed by atoms with Gasteiger partial charge in [-0.15, -0.1) is 0 Å².